The Balaban J connectivity index is 2.34. The Labute approximate surface area is 125 Å². The van der Waals surface area contributed by atoms with E-state index in [2.05, 4.69) is 12.2 Å². The van der Waals surface area contributed by atoms with Crippen LogP contribution in [0.5, 0.6) is 11.5 Å². The number of hydrogen-bond acceptors (Lipinski definition) is 5. The predicted molar refractivity (Wildman–Crippen MR) is 85.0 cm³/mol. The molecule has 0 heterocycles. The van der Waals surface area contributed by atoms with Gasteiger partial charge in [0.05, 0.1) is 13.2 Å². The van der Waals surface area contributed by atoms with Gasteiger partial charge in [0, 0.05) is 17.8 Å². The quantitative estimate of drug-likeness (QED) is 0.649. The van der Waals surface area contributed by atoms with E-state index in [9.17, 15) is 5.11 Å². The Morgan fingerprint density at radius 1 is 1.25 bits per heavy atom. The van der Waals surface area contributed by atoms with E-state index in [0.717, 1.165) is 18.0 Å². The third kappa shape index (κ3) is 5.61. The van der Waals surface area contributed by atoms with Gasteiger partial charge < -0.3 is 19.9 Å². The van der Waals surface area contributed by atoms with Crippen LogP contribution in [0, 0.1) is 0 Å². The zero-order valence-electron chi connectivity index (χ0n) is 12.5. The molecule has 2 N–H and O–H groups in total. The van der Waals surface area contributed by atoms with Gasteiger partial charge in [-0.1, -0.05) is 12.1 Å². The lowest BCUT2D eigenvalue weighted by Gasteiger charge is -2.21. The first-order valence-corrected chi connectivity index (χ1v) is 8.23. The second kappa shape index (κ2) is 9.91. The summed E-state index contributed by atoms with van der Waals surface area (Å²) in [5, 5.41) is 12.8. The van der Waals surface area contributed by atoms with Crippen LogP contribution >= 0.6 is 11.8 Å². The fourth-order valence-corrected chi connectivity index (χ4v) is 2.51. The third-order valence-electron chi connectivity index (χ3n) is 3.02. The minimum absolute atomic E-state index is 0.184. The van der Waals surface area contributed by atoms with Gasteiger partial charge in [0.2, 0.25) is 0 Å². The number of hydrogen-bond donors (Lipinski definition) is 2. The topological polar surface area (TPSA) is 50.7 Å². The normalized spacial score (nSPS) is 13.8. The number of thioether (sulfide) groups is 1. The molecule has 0 fully saturated rings. The highest BCUT2D eigenvalue weighted by Crippen LogP contribution is 2.26. The molecule has 0 saturated heterocycles. The van der Waals surface area contributed by atoms with Crippen LogP contribution in [0.2, 0.25) is 0 Å². The van der Waals surface area contributed by atoms with E-state index in [0.29, 0.717) is 13.2 Å². The molecular formula is C15H25NO3S. The van der Waals surface area contributed by atoms with Crippen molar-refractivity contribution in [3.8, 4) is 11.5 Å². The molecule has 1 rings (SSSR count). The molecule has 0 aromatic heterocycles. The molecule has 0 aliphatic heterocycles. The Bertz CT molecular complexity index is 372. The molecule has 0 spiro atoms. The maximum Gasteiger partial charge on any atom is 0.161 e. The van der Waals surface area contributed by atoms with E-state index in [1.807, 2.05) is 37.4 Å². The minimum atomic E-state index is 0.184. The average molecular weight is 299 g/mol. The van der Waals surface area contributed by atoms with Crippen LogP contribution in [-0.2, 0) is 0 Å². The van der Waals surface area contributed by atoms with Crippen LogP contribution in [0.25, 0.3) is 0 Å². The summed E-state index contributed by atoms with van der Waals surface area (Å²) in [5.74, 6) is 1.55. The number of aliphatic hydroxyl groups is 1. The van der Waals surface area contributed by atoms with Gasteiger partial charge in [0.15, 0.2) is 11.5 Å². The fraction of sp³-hybridized carbons (Fsp3) is 0.600. The molecule has 1 aromatic rings. The van der Waals surface area contributed by atoms with Crippen LogP contribution < -0.4 is 14.8 Å². The smallest absolute Gasteiger partial charge is 0.161 e. The van der Waals surface area contributed by atoms with Crippen molar-refractivity contribution in [1.82, 2.24) is 5.32 Å². The fourth-order valence-electron chi connectivity index (χ4n) is 1.86. The summed E-state index contributed by atoms with van der Waals surface area (Å²) in [4.78, 5) is 0. The Kier molecular flexibility index (Phi) is 8.49. The van der Waals surface area contributed by atoms with Gasteiger partial charge in [-0.2, -0.15) is 11.8 Å². The van der Waals surface area contributed by atoms with Crippen LogP contribution in [0.4, 0.5) is 0 Å². The van der Waals surface area contributed by atoms with E-state index in [1.54, 1.807) is 11.8 Å². The Morgan fingerprint density at radius 3 is 2.45 bits per heavy atom. The lowest BCUT2D eigenvalue weighted by molar-refractivity contribution is 0.257. The van der Waals surface area contributed by atoms with E-state index in [1.165, 1.54) is 0 Å². The van der Waals surface area contributed by atoms with Gasteiger partial charge in [0.25, 0.3) is 0 Å². The number of benzene rings is 1. The molecule has 2 atom stereocenters. The van der Waals surface area contributed by atoms with Crippen LogP contribution in [0.3, 0.4) is 0 Å². The number of rotatable bonds is 10. The molecule has 20 heavy (non-hydrogen) atoms. The van der Waals surface area contributed by atoms with Crippen molar-refractivity contribution in [3.05, 3.63) is 24.3 Å². The standard InChI is InChI=1S/C15H25NO3S/c1-4-18-13-7-5-6-8-14(13)19-10-9-16-12(2)15(11-17)20-3/h5-8,12,15-17H,4,9-11H2,1-3H3. The molecule has 2 unspecified atom stereocenters. The molecule has 0 bridgehead atoms. The van der Waals surface area contributed by atoms with Gasteiger partial charge in [-0.3, -0.25) is 0 Å². The van der Waals surface area contributed by atoms with Crippen molar-refractivity contribution in [3.63, 3.8) is 0 Å². The van der Waals surface area contributed by atoms with Crippen molar-refractivity contribution in [2.45, 2.75) is 25.1 Å². The summed E-state index contributed by atoms with van der Waals surface area (Å²) in [6.45, 7) is 6.15. The molecule has 0 amide bonds. The zero-order chi connectivity index (χ0) is 14.8. The largest absolute Gasteiger partial charge is 0.490 e. The van der Waals surface area contributed by atoms with Gasteiger partial charge in [-0.05, 0) is 32.2 Å². The summed E-state index contributed by atoms with van der Waals surface area (Å²) in [7, 11) is 0. The van der Waals surface area contributed by atoms with Crippen LogP contribution in [-0.4, -0.2) is 49.0 Å². The first kappa shape index (κ1) is 17.1. The van der Waals surface area contributed by atoms with E-state index >= 15 is 0 Å². The maximum absolute atomic E-state index is 9.22. The summed E-state index contributed by atoms with van der Waals surface area (Å²) in [5.41, 5.74) is 0. The van der Waals surface area contributed by atoms with Crippen molar-refractivity contribution >= 4 is 11.8 Å². The number of aliphatic hydroxyl groups excluding tert-OH is 1. The highest BCUT2D eigenvalue weighted by molar-refractivity contribution is 7.99. The number of para-hydroxylation sites is 2. The predicted octanol–water partition coefficient (Wildman–Crippen LogP) is 2.17. The van der Waals surface area contributed by atoms with Crippen LogP contribution in [0.1, 0.15) is 13.8 Å². The Hall–Kier alpha value is -0.910. The highest BCUT2D eigenvalue weighted by atomic mass is 32.2. The monoisotopic (exact) mass is 299 g/mol. The summed E-state index contributed by atoms with van der Waals surface area (Å²) in [6.07, 6.45) is 2.01. The maximum atomic E-state index is 9.22. The van der Waals surface area contributed by atoms with E-state index < -0.39 is 0 Å². The molecule has 114 valence electrons. The zero-order valence-corrected chi connectivity index (χ0v) is 13.3. The van der Waals surface area contributed by atoms with Crippen molar-refractivity contribution < 1.29 is 14.6 Å². The summed E-state index contributed by atoms with van der Waals surface area (Å²) >= 11 is 1.67. The first-order chi connectivity index (χ1) is 9.72. The lowest BCUT2D eigenvalue weighted by atomic mass is 10.2. The minimum Gasteiger partial charge on any atom is -0.490 e. The van der Waals surface area contributed by atoms with Crippen molar-refractivity contribution in [2.75, 3.05) is 32.6 Å². The average Bonchev–Trinajstić information content (AvgIpc) is 2.47. The molecule has 0 saturated carbocycles. The summed E-state index contributed by atoms with van der Waals surface area (Å²) in [6, 6.07) is 7.93. The highest BCUT2D eigenvalue weighted by Gasteiger charge is 2.14. The number of nitrogens with one attached hydrogen (secondary N) is 1. The first-order valence-electron chi connectivity index (χ1n) is 6.94. The van der Waals surface area contributed by atoms with Crippen molar-refractivity contribution in [2.24, 2.45) is 0 Å². The SMILES string of the molecule is CCOc1ccccc1OCCNC(C)C(CO)SC. The van der Waals surface area contributed by atoms with Gasteiger partial charge in [-0.25, -0.2) is 0 Å². The summed E-state index contributed by atoms with van der Waals surface area (Å²) < 4.78 is 11.2. The number of ether oxygens (including phenoxy) is 2. The van der Waals surface area contributed by atoms with Crippen molar-refractivity contribution in [1.29, 1.82) is 0 Å². The second-order valence-electron chi connectivity index (χ2n) is 4.43. The Morgan fingerprint density at radius 2 is 1.90 bits per heavy atom. The second-order valence-corrected chi connectivity index (χ2v) is 5.50. The van der Waals surface area contributed by atoms with Gasteiger partial charge >= 0.3 is 0 Å². The third-order valence-corrected chi connectivity index (χ3v) is 4.18. The lowest BCUT2D eigenvalue weighted by Crippen LogP contribution is -2.39. The molecule has 0 aliphatic rings. The molecule has 5 heteroatoms. The molecule has 1 aromatic carbocycles. The van der Waals surface area contributed by atoms with Gasteiger partial charge in [-0.15, -0.1) is 0 Å². The van der Waals surface area contributed by atoms with Gasteiger partial charge in [0.1, 0.15) is 6.61 Å². The van der Waals surface area contributed by atoms with E-state index in [-0.39, 0.29) is 17.9 Å². The molecule has 0 radical (unpaired) electrons. The molecule has 4 nitrogen and oxygen atoms in total. The van der Waals surface area contributed by atoms with E-state index in [4.69, 9.17) is 9.47 Å². The molecular weight excluding hydrogens is 274 g/mol. The molecule has 0 aliphatic carbocycles. The van der Waals surface area contributed by atoms with Crippen LogP contribution in [0.15, 0.2) is 24.3 Å².